The second-order valence-electron chi connectivity index (χ2n) is 3.97. The van der Waals surface area contributed by atoms with E-state index in [1.165, 1.54) is 0 Å². The molecule has 4 nitrogen and oxygen atoms in total. The molecule has 1 rings (SSSR count). The van der Waals surface area contributed by atoms with Crippen LogP contribution in [-0.2, 0) is 9.59 Å². The summed E-state index contributed by atoms with van der Waals surface area (Å²) in [5, 5.41) is 11.4. The quantitative estimate of drug-likeness (QED) is 0.797. The third-order valence-electron chi connectivity index (χ3n) is 2.47. The van der Waals surface area contributed by atoms with Crippen LogP contribution in [0.5, 0.6) is 0 Å². The molecule has 0 spiro atoms. The smallest absolute Gasteiger partial charge is 0.313 e. The lowest BCUT2D eigenvalue weighted by atomic mass is 10.0. The van der Waals surface area contributed by atoms with Gasteiger partial charge in [0.05, 0.1) is 17.5 Å². The number of amides is 1. The summed E-state index contributed by atoms with van der Waals surface area (Å²) in [6.45, 7) is 2.00. The molecule has 0 bridgehead atoms. The maximum atomic E-state index is 11.7. The standard InChI is InChI=1S/C13H16BrNO3S/c1-2-11(9-3-5-10(14)6-4-9)15-12(16)7-19-8-13(17)18/h3-6,11H,2,7-8H2,1H3,(H,15,16)(H,17,18). The van der Waals surface area contributed by atoms with E-state index in [4.69, 9.17) is 5.11 Å². The molecule has 0 aliphatic rings. The van der Waals surface area contributed by atoms with Crippen molar-refractivity contribution in [2.75, 3.05) is 11.5 Å². The number of carbonyl (C=O) groups is 2. The number of carboxylic acid groups (broad SMARTS) is 1. The van der Waals surface area contributed by atoms with Gasteiger partial charge in [-0.05, 0) is 24.1 Å². The molecule has 0 aromatic heterocycles. The summed E-state index contributed by atoms with van der Waals surface area (Å²) >= 11 is 4.47. The third kappa shape index (κ3) is 6.11. The third-order valence-corrected chi connectivity index (χ3v) is 3.92. The molecule has 1 aromatic carbocycles. The van der Waals surface area contributed by atoms with Gasteiger partial charge >= 0.3 is 5.97 Å². The van der Waals surface area contributed by atoms with Crippen molar-refractivity contribution in [2.45, 2.75) is 19.4 Å². The van der Waals surface area contributed by atoms with E-state index in [0.29, 0.717) is 0 Å². The Morgan fingerprint density at radius 3 is 2.47 bits per heavy atom. The average Bonchev–Trinajstić information content (AvgIpc) is 2.36. The Labute approximate surface area is 125 Å². The van der Waals surface area contributed by atoms with Gasteiger partial charge in [-0.2, -0.15) is 0 Å². The number of halogens is 1. The molecule has 19 heavy (non-hydrogen) atoms. The van der Waals surface area contributed by atoms with Crippen molar-refractivity contribution >= 4 is 39.6 Å². The number of rotatable bonds is 7. The van der Waals surface area contributed by atoms with Gasteiger partial charge in [0.25, 0.3) is 0 Å². The maximum Gasteiger partial charge on any atom is 0.313 e. The van der Waals surface area contributed by atoms with Crippen molar-refractivity contribution in [1.82, 2.24) is 5.32 Å². The lowest BCUT2D eigenvalue weighted by Gasteiger charge is -2.17. The van der Waals surface area contributed by atoms with Crippen molar-refractivity contribution in [3.63, 3.8) is 0 Å². The molecule has 0 aliphatic carbocycles. The number of thioether (sulfide) groups is 1. The predicted molar refractivity (Wildman–Crippen MR) is 80.3 cm³/mol. The second-order valence-corrected chi connectivity index (χ2v) is 5.87. The van der Waals surface area contributed by atoms with Crippen molar-refractivity contribution < 1.29 is 14.7 Å². The van der Waals surface area contributed by atoms with Crippen LogP contribution in [0.1, 0.15) is 24.9 Å². The molecular formula is C13H16BrNO3S. The number of carboxylic acids is 1. The highest BCUT2D eigenvalue weighted by Gasteiger charge is 2.12. The molecule has 0 aliphatic heterocycles. The number of benzene rings is 1. The lowest BCUT2D eigenvalue weighted by molar-refractivity contribution is -0.133. The average molecular weight is 346 g/mol. The van der Waals surface area contributed by atoms with E-state index in [1.807, 2.05) is 31.2 Å². The lowest BCUT2D eigenvalue weighted by Crippen LogP contribution is -2.29. The molecule has 0 saturated carbocycles. The Kier molecular flexibility index (Phi) is 6.94. The van der Waals surface area contributed by atoms with E-state index in [0.717, 1.165) is 28.2 Å². The van der Waals surface area contributed by atoms with Crippen LogP contribution in [0.25, 0.3) is 0 Å². The summed E-state index contributed by atoms with van der Waals surface area (Å²) in [7, 11) is 0. The van der Waals surface area contributed by atoms with Crippen LogP contribution in [0.15, 0.2) is 28.7 Å². The Bertz CT molecular complexity index is 436. The van der Waals surface area contributed by atoms with Gasteiger partial charge in [0, 0.05) is 4.47 Å². The first-order chi connectivity index (χ1) is 9.02. The van der Waals surface area contributed by atoms with Crippen LogP contribution in [0.4, 0.5) is 0 Å². The predicted octanol–water partition coefficient (Wildman–Crippen LogP) is 2.83. The summed E-state index contributed by atoms with van der Waals surface area (Å²) < 4.78 is 0.995. The van der Waals surface area contributed by atoms with E-state index in [2.05, 4.69) is 21.2 Å². The van der Waals surface area contributed by atoms with Gasteiger partial charge in [-0.15, -0.1) is 11.8 Å². The molecule has 0 heterocycles. The molecule has 1 amide bonds. The van der Waals surface area contributed by atoms with Crippen LogP contribution in [0, 0.1) is 0 Å². The van der Waals surface area contributed by atoms with E-state index >= 15 is 0 Å². The zero-order valence-corrected chi connectivity index (χ0v) is 13.0. The van der Waals surface area contributed by atoms with E-state index < -0.39 is 5.97 Å². The van der Waals surface area contributed by atoms with Gasteiger partial charge in [-0.25, -0.2) is 0 Å². The second kappa shape index (κ2) is 8.22. The fourth-order valence-electron chi connectivity index (χ4n) is 1.58. The van der Waals surface area contributed by atoms with Crippen molar-refractivity contribution in [1.29, 1.82) is 0 Å². The first-order valence-electron chi connectivity index (χ1n) is 5.87. The Hall–Kier alpha value is -1.01. The summed E-state index contributed by atoms with van der Waals surface area (Å²) in [6, 6.07) is 7.75. The van der Waals surface area contributed by atoms with Gasteiger partial charge in [-0.3, -0.25) is 9.59 Å². The molecule has 1 aromatic rings. The van der Waals surface area contributed by atoms with Crippen LogP contribution in [-0.4, -0.2) is 28.5 Å². The Balaban J connectivity index is 2.50. The first-order valence-corrected chi connectivity index (χ1v) is 7.82. The Morgan fingerprint density at radius 2 is 1.95 bits per heavy atom. The zero-order valence-electron chi connectivity index (χ0n) is 10.6. The molecule has 2 N–H and O–H groups in total. The minimum Gasteiger partial charge on any atom is -0.481 e. The SMILES string of the molecule is CCC(NC(=O)CSCC(=O)O)c1ccc(Br)cc1. The fourth-order valence-corrected chi connectivity index (χ4v) is 2.39. The first kappa shape index (κ1) is 16.0. The molecule has 0 fully saturated rings. The van der Waals surface area contributed by atoms with Crippen molar-refractivity contribution in [2.24, 2.45) is 0 Å². The molecule has 0 radical (unpaired) electrons. The largest absolute Gasteiger partial charge is 0.481 e. The summed E-state index contributed by atoms with van der Waals surface area (Å²) in [5.41, 5.74) is 1.04. The van der Waals surface area contributed by atoms with E-state index in [-0.39, 0.29) is 23.5 Å². The van der Waals surface area contributed by atoms with Gasteiger partial charge in [0.15, 0.2) is 0 Å². The van der Waals surface area contributed by atoms with Crippen molar-refractivity contribution in [3.8, 4) is 0 Å². The number of carbonyl (C=O) groups excluding carboxylic acids is 1. The topological polar surface area (TPSA) is 66.4 Å². The highest BCUT2D eigenvalue weighted by Crippen LogP contribution is 2.19. The summed E-state index contributed by atoms with van der Waals surface area (Å²) in [5.74, 6) is -0.930. The van der Waals surface area contributed by atoms with Gasteiger partial charge in [0.1, 0.15) is 0 Å². The van der Waals surface area contributed by atoms with Crippen LogP contribution in [0.2, 0.25) is 0 Å². The fraction of sp³-hybridized carbons (Fsp3) is 0.385. The molecule has 1 unspecified atom stereocenters. The number of hydrogen-bond acceptors (Lipinski definition) is 3. The molecule has 6 heteroatoms. The maximum absolute atomic E-state index is 11.7. The summed E-state index contributed by atoms with van der Waals surface area (Å²) in [4.78, 5) is 22.1. The Morgan fingerprint density at radius 1 is 1.32 bits per heavy atom. The van der Waals surface area contributed by atoms with Crippen LogP contribution < -0.4 is 5.32 Å². The van der Waals surface area contributed by atoms with Gasteiger partial charge in [0.2, 0.25) is 5.91 Å². The van der Waals surface area contributed by atoms with E-state index in [1.54, 1.807) is 0 Å². The summed E-state index contributed by atoms with van der Waals surface area (Å²) in [6.07, 6.45) is 0.789. The minimum absolute atomic E-state index is 0.0361. The van der Waals surface area contributed by atoms with Crippen LogP contribution in [0.3, 0.4) is 0 Å². The van der Waals surface area contributed by atoms with Crippen molar-refractivity contribution in [3.05, 3.63) is 34.3 Å². The number of aliphatic carboxylic acids is 1. The molecule has 0 saturated heterocycles. The van der Waals surface area contributed by atoms with Crippen LogP contribution >= 0.6 is 27.7 Å². The number of nitrogens with one attached hydrogen (secondary N) is 1. The number of hydrogen-bond donors (Lipinski definition) is 2. The highest BCUT2D eigenvalue weighted by molar-refractivity contribution is 9.10. The molecule has 1 atom stereocenters. The normalized spacial score (nSPS) is 11.9. The zero-order chi connectivity index (χ0) is 14.3. The minimum atomic E-state index is -0.905. The van der Waals surface area contributed by atoms with E-state index in [9.17, 15) is 9.59 Å². The highest BCUT2D eigenvalue weighted by atomic mass is 79.9. The molecule has 104 valence electrons. The molecular weight excluding hydrogens is 330 g/mol. The van der Waals surface area contributed by atoms with Gasteiger partial charge < -0.3 is 10.4 Å². The monoisotopic (exact) mass is 345 g/mol. The van der Waals surface area contributed by atoms with Gasteiger partial charge in [-0.1, -0.05) is 35.0 Å².